The minimum Gasteiger partial charge on any atom is -0.508 e. The molecule has 2 aromatic carbocycles. The second-order valence-electron chi connectivity index (χ2n) is 7.71. The maximum Gasteiger partial charge on any atom is 0.432 e. The number of nitrogens with zero attached hydrogens (tertiary/aromatic N) is 3. The minimum atomic E-state index is -4.89. The van der Waals surface area contributed by atoms with Crippen molar-refractivity contribution in [3.63, 3.8) is 0 Å². The molecule has 0 fully saturated rings. The largest absolute Gasteiger partial charge is 0.508 e. The number of aromatic hydroxyl groups is 1. The predicted octanol–water partition coefficient (Wildman–Crippen LogP) is 6.35. The molecular formula is C25H15ClF3N3O3. The van der Waals surface area contributed by atoms with Crippen LogP contribution in [-0.2, 0) is 12.7 Å². The average Bonchev–Trinajstić information content (AvgIpc) is 3.44. The summed E-state index contributed by atoms with van der Waals surface area (Å²) in [7, 11) is 0. The zero-order valence-electron chi connectivity index (χ0n) is 17.8. The number of hydrogen-bond acceptors (Lipinski definition) is 5. The van der Waals surface area contributed by atoms with Crippen molar-refractivity contribution in [3.8, 4) is 17.3 Å². The summed E-state index contributed by atoms with van der Waals surface area (Å²) in [6.07, 6.45) is -2.33. The number of hydrogen-bond donors (Lipinski definition) is 1. The van der Waals surface area contributed by atoms with Crippen LogP contribution in [0.25, 0.3) is 22.5 Å². The number of carbonyl (C=O) groups excluding carboxylic acids is 1. The quantitative estimate of drug-likeness (QED) is 0.286. The van der Waals surface area contributed by atoms with Gasteiger partial charge in [-0.3, -0.25) is 9.78 Å². The maximum absolute atomic E-state index is 14.4. The zero-order valence-corrected chi connectivity index (χ0v) is 18.5. The van der Waals surface area contributed by atoms with Gasteiger partial charge in [0.25, 0.3) is 0 Å². The normalized spacial score (nSPS) is 11.8. The summed E-state index contributed by atoms with van der Waals surface area (Å²) in [5.41, 5.74) is -0.806. The SMILES string of the molecule is O=C(c1cnc(-c2ccccn2)o1)c1c(C(F)(F)F)n(Cc2ccc(Cl)cc2)c2ccc(O)cc12. The van der Waals surface area contributed by atoms with Gasteiger partial charge in [-0.05, 0) is 48.0 Å². The number of oxazole rings is 1. The zero-order chi connectivity index (χ0) is 24.7. The van der Waals surface area contributed by atoms with E-state index in [1.54, 1.807) is 42.5 Å². The van der Waals surface area contributed by atoms with E-state index in [0.717, 1.165) is 16.8 Å². The molecule has 0 aliphatic carbocycles. The van der Waals surface area contributed by atoms with Crippen LogP contribution in [0, 0.1) is 0 Å². The molecule has 10 heteroatoms. The van der Waals surface area contributed by atoms with E-state index in [2.05, 4.69) is 9.97 Å². The third-order valence-electron chi connectivity index (χ3n) is 5.41. The van der Waals surface area contributed by atoms with Gasteiger partial charge in [-0.1, -0.05) is 29.8 Å². The van der Waals surface area contributed by atoms with Gasteiger partial charge in [0.1, 0.15) is 17.1 Å². The van der Waals surface area contributed by atoms with Crippen molar-refractivity contribution in [1.29, 1.82) is 0 Å². The van der Waals surface area contributed by atoms with E-state index in [4.69, 9.17) is 16.0 Å². The van der Waals surface area contributed by atoms with Crippen molar-refractivity contribution in [2.45, 2.75) is 12.7 Å². The smallest absolute Gasteiger partial charge is 0.432 e. The number of rotatable bonds is 5. The number of pyridine rings is 1. The highest BCUT2D eigenvalue weighted by Crippen LogP contribution is 2.41. The van der Waals surface area contributed by atoms with E-state index >= 15 is 0 Å². The Morgan fingerprint density at radius 2 is 1.83 bits per heavy atom. The number of fused-ring (bicyclic) bond motifs is 1. The average molecular weight is 498 g/mol. The van der Waals surface area contributed by atoms with E-state index in [1.165, 1.54) is 18.3 Å². The molecule has 1 N–H and O–H groups in total. The first-order chi connectivity index (χ1) is 16.7. The monoisotopic (exact) mass is 497 g/mol. The first-order valence-corrected chi connectivity index (χ1v) is 10.7. The summed E-state index contributed by atoms with van der Waals surface area (Å²) >= 11 is 5.91. The third-order valence-corrected chi connectivity index (χ3v) is 5.66. The van der Waals surface area contributed by atoms with Crippen molar-refractivity contribution in [2.75, 3.05) is 0 Å². The lowest BCUT2D eigenvalue weighted by Crippen LogP contribution is -2.18. The van der Waals surface area contributed by atoms with Gasteiger partial charge < -0.3 is 14.1 Å². The predicted molar refractivity (Wildman–Crippen MR) is 122 cm³/mol. The molecule has 3 heterocycles. The minimum absolute atomic E-state index is 0.00439. The van der Waals surface area contributed by atoms with E-state index in [0.29, 0.717) is 16.3 Å². The van der Waals surface area contributed by atoms with Gasteiger partial charge in [-0.25, -0.2) is 4.98 Å². The first-order valence-electron chi connectivity index (χ1n) is 10.3. The summed E-state index contributed by atoms with van der Waals surface area (Å²) in [5.74, 6) is -1.69. The molecule has 0 spiro atoms. The number of aromatic nitrogens is 3. The molecule has 0 bridgehead atoms. The summed E-state index contributed by atoms with van der Waals surface area (Å²) in [6, 6.07) is 15.0. The molecule has 0 saturated carbocycles. The van der Waals surface area contributed by atoms with E-state index in [9.17, 15) is 23.1 Å². The van der Waals surface area contributed by atoms with E-state index < -0.39 is 23.2 Å². The van der Waals surface area contributed by atoms with Crippen molar-refractivity contribution < 1.29 is 27.5 Å². The van der Waals surface area contributed by atoms with Crippen LogP contribution in [0.2, 0.25) is 5.02 Å². The molecular weight excluding hydrogens is 483 g/mol. The van der Waals surface area contributed by atoms with Gasteiger partial charge in [-0.15, -0.1) is 0 Å². The number of benzene rings is 2. The molecule has 35 heavy (non-hydrogen) atoms. The number of carbonyl (C=O) groups is 1. The highest BCUT2D eigenvalue weighted by atomic mass is 35.5. The summed E-state index contributed by atoms with van der Waals surface area (Å²) in [5, 5.41) is 10.4. The van der Waals surface area contributed by atoms with E-state index in [-0.39, 0.29) is 34.8 Å². The Morgan fingerprint density at radius 1 is 1.06 bits per heavy atom. The van der Waals surface area contributed by atoms with Crippen LogP contribution >= 0.6 is 11.6 Å². The molecule has 0 aliphatic rings. The Morgan fingerprint density at radius 3 is 2.51 bits per heavy atom. The number of ketones is 1. The molecule has 0 radical (unpaired) electrons. The van der Waals surface area contributed by atoms with Crippen LogP contribution in [-0.4, -0.2) is 25.4 Å². The van der Waals surface area contributed by atoms with Gasteiger partial charge in [0, 0.05) is 28.7 Å². The lowest BCUT2D eigenvalue weighted by atomic mass is 10.0. The van der Waals surface area contributed by atoms with Crippen LogP contribution in [0.3, 0.4) is 0 Å². The molecule has 0 unspecified atom stereocenters. The molecule has 0 saturated heterocycles. The molecule has 5 rings (SSSR count). The summed E-state index contributed by atoms with van der Waals surface area (Å²) in [4.78, 5) is 21.5. The number of phenols is 1. The lowest BCUT2D eigenvalue weighted by Gasteiger charge is -2.14. The fraction of sp³-hybridized carbons (Fsp3) is 0.0800. The number of halogens is 4. The molecule has 176 valence electrons. The van der Waals surface area contributed by atoms with Crippen molar-refractivity contribution in [3.05, 3.63) is 101 Å². The van der Waals surface area contributed by atoms with Crippen molar-refractivity contribution in [2.24, 2.45) is 0 Å². The molecule has 6 nitrogen and oxygen atoms in total. The second-order valence-corrected chi connectivity index (χ2v) is 8.15. The Hall–Kier alpha value is -4.11. The Kier molecular flexibility index (Phi) is 5.56. The molecule has 3 aromatic heterocycles. The first kappa shape index (κ1) is 22.7. The van der Waals surface area contributed by atoms with Gasteiger partial charge in [0.2, 0.25) is 11.7 Å². The molecule has 0 amide bonds. The van der Waals surface area contributed by atoms with Crippen LogP contribution in [0.1, 0.15) is 27.4 Å². The maximum atomic E-state index is 14.4. The van der Waals surface area contributed by atoms with Crippen molar-refractivity contribution in [1.82, 2.24) is 14.5 Å². The Labute approximate surface area is 201 Å². The van der Waals surface area contributed by atoms with Crippen LogP contribution < -0.4 is 0 Å². The van der Waals surface area contributed by atoms with Gasteiger partial charge in [0.15, 0.2) is 5.76 Å². The van der Waals surface area contributed by atoms with Crippen LogP contribution in [0.15, 0.2) is 77.5 Å². The Balaban J connectivity index is 1.70. The highest BCUT2D eigenvalue weighted by molar-refractivity contribution is 6.30. The standard InChI is InChI=1S/C25H15ClF3N3O3/c26-15-6-4-14(5-7-15)13-32-19-9-8-16(33)11-17(19)21(23(32)25(27,28)29)22(34)20-12-31-24(35-20)18-3-1-2-10-30-18/h1-12,33H,13H2. The fourth-order valence-electron chi connectivity index (χ4n) is 3.91. The molecule has 5 aromatic rings. The Bertz CT molecular complexity index is 1540. The summed E-state index contributed by atoms with van der Waals surface area (Å²) in [6.45, 7) is -0.184. The van der Waals surface area contributed by atoms with Gasteiger partial charge in [-0.2, -0.15) is 13.2 Å². The lowest BCUT2D eigenvalue weighted by molar-refractivity contribution is -0.143. The topological polar surface area (TPSA) is 81.2 Å². The highest BCUT2D eigenvalue weighted by Gasteiger charge is 2.42. The number of alkyl halides is 3. The fourth-order valence-corrected chi connectivity index (χ4v) is 4.04. The third kappa shape index (κ3) is 4.26. The van der Waals surface area contributed by atoms with Gasteiger partial charge in [0.05, 0.1) is 11.8 Å². The van der Waals surface area contributed by atoms with E-state index in [1.807, 2.05) is 0 Å². The number of phenolic OH excluding ortho intramolecular Hbond substituents is 1. The van der Waals surface area contributed by atoms with Gasteiger partial charge >= 0.3 is 6.18 Å². The van der Waals surface area contributed by atoms with Crippen LogP contribution in [0.4, 0.5) is 13.2 Å². The summed E-state index contributed by atoms with van der Waals surface area (Å²) < 4.78 is 49.8. The van der Waals surface area contributed by atoms with Crippen LogP contribution in [0.5, 0.6) is 5.75 Å². The molecule has 0 aliphatic heterocycles. The second kappa shape index (κ2) is 8.59. The van der Waals surface area contributed by atoms with Crippen molar-refractivity contribution >= 4 is 28.3 Å². The molecule has 0 atom stereocenters.